The van der Waals surface area contributed by atoms with Crippen molar-refractivity contribution >= 4 is 10.1 Å². The Morgan fingerprint density at radius 2 is 1.15 bits per heavy atom. The van der Waals surface area contributed by atoms with Crippen molar-refractivity contribution < 1.29 is 52.1 Å². The van der Waals surface area contributed by atoms with Gasteiger partial charge in [-0.1, -0.05) is 20.8 Å². The van der Waals surface area contributed by atoms with Gasteiger partial charge in [-0.2, -0.15) is 47.9 Å². The van der Waals surface area contributed by atoms with E-state index in [-0.39, 0.29) is 37.0 Å². The van der Waals surface area contributed by atoms with E-state index in [2.05, 4.69) is 4.18 Å². The summed E-state index contributed by atoms with van der Waals surface area (Å²) >= 11 is 0. The van der Waals surface area contributed by atoms with E-state index >= 15 is 0 Å². The Kier molecular flexibility index (Phi) is 6.27. The SMILES string of the molecule is CC(C)(C)C1CCC(OS(=O)(=O)C(F)(F)C(F)(F)C(F)(F)C(F)(F)F)CC1. The van der Waals surface area contributed by atoms with Crippen LogP contribution < -0.4 is 0 Å². The molecule has 1 fully saturated rings. The molecule has 0 aromatic heterocycles. The number of hydrogen-bond donors (Lipinski definition) is 0. The highest BCUT2D eigenvalue weighted by atomic mass is 32.2. The molecule has 0 aliphatic heterocycles. The molecule has 1 aliphatic rings. The van der Waals surface area contributed by atoms with Crippen LogP contribution in [0, 0.1) is 11.3 Å². The molecule has 0 radical (unpaired) electrons. The fraction of sp³-hybridized carbons (Fsp3) is 1.00. The lowest BCUT2D eigenvalue weighted by Gasteiger charge is -2.37. The van der Waals surface area contributed by atoms with Crippen LogP contribution in [-0.4, -0.2) is 37.8 Å². The van der Waals surface area contributed by atoms with Crippen LogP contribution in [0.4, 0.5) is 39.5 Å². The molecule has 0 spiro atoms. The third-order valence-corrected chi connectivity index (χ3v) is 6.00. The maximum Gasteiger partial charge on any atom is 0.460 e. The summed E-state index contributed by atoms with van der Waals surface area (Å²) in [6, 6.07) is 0. The summed E-state index contributed by atoms with van der Waals surface area (Å²) in [5.41, 5.74) is -0.213. The molecule has 0 N–H and O–H groups in total. The molecule has 3 nitrogen and oxygen atoms in total. The smallest absolute Gasteiger partial charge is 0.262 e. The van der Waals surface area contributed by atoms with Gasteiger partial charge < -0.3 is 0 Å². The van der Waals surface area contributed by atoms with E-state index in [4.69, 9.17) is 0 Å². The molecular weight excluding hydrogens is 419 g/mol. The second-order valence-corrected chi connectivity index (χ2v) is 9.17. The van der Waals surface area contributed by atoms with Crippen molar-refractivity contribution in [3.05, 3.63) is 0 Å². The quantitative estimate of drug-likeness (QED) is 0.429. The second kappa shape index (κ2) is 6.96. The first-order valence-electron chi connectivity index (χ1n) is 7.81. The lowest BCUT2D eigenvalue weighted by atomic mass is 9.72. The van der Waals surface area contributed by atoms with E-state index in [0.717, 1.165) is 0 Å². The van der Waals surface area contributed by atoms with E-state index < -0.39 is 39.5 Å². The highest BCUT2D eigenvalue weighted by Gasteiger charge is 2.85. The van der Waals surface area contributed by atoms with E-state index in [1.54, 1.807) is 0 Å². The van der Waals surface area contributed by atoms with Gasteiger partial charge in [-0.3, -0.25) is 4.18 Å². The lowest BCUT2D eigenvalue weighted by molar-refractivity contribution is -0.382. The zero-order chi connectivity index (χ0) is 21.7. The third-order valence-electron chi connectivity index (χ3n) is 4.59. The average Bonchev–Trinajstić information content (AvgIpc) is 2.44. The van der Waals surface area contributed by atoms with Gasteiger partial charge in [0.25, 0.3) is 0 Å². The number of rotatable bonds is 5. The van der Waals surface area contributed by atoms with E-state index in [0.29, 0.717) is 0 Å². The molecule has 0 bridgehead atoms. The molecule has 1 rings (SSSR count). The van der Waals surface area contributed by atoms with Gasteiger partial charge in [0, 0.05) is 0 Å². The summed E-state index contributed by atoms with van der Waals surface area (Å²) in [5.74, 6) is -14.5. The molecule has 0 unspecified atom stereocenters. The van der Waals surface area contributed by atoms with Gasteiger partial charge in [0.15, 0.2) is 0 Å². The minimum absolute atomic E-state index is 0.0385. The normalized spacial score (nSPS) is 24.1. The van der Waals surface area contributed by atoms with Gasteiger partial charge in [-0.25, -0.2) is 0 Å². The lowest BCUT2D eigenvalue weighted by Crippen LogP contribution is -2.63. The number of alkyl halides is 9. The Hall–Kier alpha value is -0.720. The molecule has 0 atom stereocenters. The topological polar surface area (TPSA) is 43.4 Å². The van der Waals surface area contributed by atoms with Crippen LogP contribution in [0.25, 0.3) is 0 Å². The van der Waals surface area contributed by atoms with Crippen LogP contribution in [0.3, 0.4) is 0 Å². The Labute approximate surface area is 150 Å². The molecule has 27 heavy (non-hydrogen) atoms. The molecule has 0 aromatic carbocycles. The van der Waals surface area contributed by atoms with Crippen LogP contribution in [0.15, 0.2) is 0 Å². The Morgan fingerprint density at radius 3 is 1.48 bits per heavy atom. The van der Waals surface area contributed by atoms with Crippen molar-refractivity contribution in [1.29, 1.82) is 0 Å². The maximum absolute atomic E-state index is 13.6. The van der Waals surface area contributed by atoms with Crippen molar-refractivity contribution in [3.63, 3.8) is 0 Å². The fourth-order valence-electron chi connectivity index (χ4n) is 2.78. The molecular formula is C14H19F9O3S. The first-order valence-corrected chi connectivity index (χ1v) is 9.22. The monoisotopic (exact) mass is 438 g/mol. The van der Waals surface area contributed by atoms with Crippen molar-refractivity contribution in [2.24, 2.45) is 11.3 Å². The van der Waals surface area contributed by atoms with Crippen LogP contribution in [0.5, 0.6) is 0 Å². The summed E-state index contributed by atoms with van der Waals surface area (Å²) in [5, 5.41) is -6.79. The Bertz CT molecular complexity index is 627. The van der Waals surface area contributed by atoms with Crippen LogP contribution in [-0.2, 0) is 14.3 Å². The molecule has 1 aliphatic carbocycles. The maximum atomic E-state index is 13.6. The van der Waals surface area contributed by atoms with Crippen molar-refractivity contribution in [2.75, 3.05) is 0 Å². The van der Waals surface area contributed by atoms with E-state index in [1.807, 2.05) is 20.8 Å². The zero-order valence-corrected chi connectivity index (χ0v) is 15.3. The van der Waals surface area contributed by atoms with Crippen molar-refractivity contribution in [3.8, 4) is 0 Å². The van der Waals surface area contributed by atoms with Gasteiger partial charge in [0.2, 0.25) is 0 Å². The van der Waals surface area contributed by atoms with Crippen molar-refractivity contribution in [2.45, 2.75) is 75.8 Å². The molecule has 13 heteroatoms. The first-order chi connectivity index (χ1) is 11.7. The minimum atomic E-state index is -7.29. The van der Waals surface area contributed by atoms with E-state index in [1.165, 1.54) is 0 Å². The van der Waals surface area contributed by atoms with Crippen LogP contribution in [0.1, 0.15) is 46.5 Å². The van der Waals surface area contributed by atoms with E-state index in [9.17, 15) is 47.9 Å². The third kappa shape index (κ3) is 4.33. The molecule has 1 saturated carbocycles. The first kappa shape index (κ1) is 24.3. The Morgan fingerprint density at radius 1 is 0.741 bits per heavy atom. The predicted molar refractivity (Wildman–Crippen MR) is 76.1 cm³/mol. The summed E-state index contributed by atoms with van der Waals surface area (Å²) in [4.78, 5) is 0. The number of hydrogen-bond acceptors (Lipinski definition) is 3. The second-order valence-electron chi connectivity index (χ2n) is 7.55. The Balaban J connectivity index is 3.03. The molecule has 0 aromatic rings. The van der Waals surface area contributed by atoms with Crippen LogP contribution >= 0.6 is 0 Å². The molecule has 162 valence electrons. The molecule has 0 amide bonds. The van der Waals surface area contributed by atoms with Gasteiger partial charge in [0.1, 0.15) is 0 Å². The largest absolute Gasteiger partial charge is 0.460 e. The zero-order valence-electron chi connectivity index (χ0n) is 14.5. The minimum Gasteiger partial charge on any atom is -0.262 e. The van der Waals surface area contributed by atoms with Gasteiger partial charge in [-0.15, -0.1) is 0 Å². The van der Waals surface area contributed by atoms with Gasteiger partial charge >= 0.3 is 33.4 Å². The number of halogens is 9. The van der Waals surface area contributed by atoms with Crippen LogP contribution in [0.2, 0.25) is 0 Å². The summed E-state index contributed by atoms with van der Waals surface area (Å²) in [7, 11) is -6.78. The average molecular weight is 438 g/mol. The summed E-state index contributed by atoms with van der Waals surface area (Å²) in [6.07, 6.45) is -8.36. The van der Waals surface area contributed by atoms with Gasteiger partial charge in [-0.05, 0) is 37.0 Å². The highest BCUT2D eigenvalue weighted by molar-refractivity contribution is 7.87. The highest BCUT2D eigenvalue weighted by Crippen LogP contribution is 2.55. The predicted octanol–water partition coefficient (Wildman–Crippen LogP) is 5.36. The summed E-state index contributed by atoms with van der Waals surface area (Å²) in [6.45, 7) is 5.59. The standard InChI is InChI=1S/C14H19F9O3S/c1-10(2,3)8-4-6-9(7-5-8)26-27(24,25)14(22,23)12(17,18)11(15,16)13(19,20)21/h8-9H,4-7H2,1-3H3. The molecule has 0 saturated heterocycles. The van der Waals surface area contributed by atoms with Crippen molar-refractivity contribution in [1.82, 2.24) is 0 Å². The van der Waals surface area contributed by atoms with Gasteiger partial charge in [0.05, 0.1) is 6.10 Å². The molecule has 0 heterocycles. The summed E-state index contributed by atoms with van der Waals surface area (Å²) < 4.78 is 142. The fourth-order valence-corrected chi connectivity index (χ4v) is 3.90.